The van der Waals surface area contributed by atoms with Crippen LogP contribution in [0, 0.1) is 0 Å². The van der Waals surface area contributed by atoms with Crippen molar-refractivity contribution < 1.29 is 9.53 Å². The molecule has 0 aliphatic rings. The molecule has 0 aromatic carbocycles. The zero-order chi connectivity index (χ0) is 17.7. The van der Waals surface area contributed by atoms with Crippen molar-refractivity contribution in [2.75, 3.05) is 36.6 Å². The maximum absolute atomic E-state index is 12.2. The Balaban J connectivity index is 2.08. The highest BCUT2D eigenvalue weighted by atomic mass is 32.1. The standard InChI is InChI=1S/C14H19N7O2S/c1-5-6-16-14-17-9(7-24-14)11(22)23-8(2)10-18-12(15)20-13(19-10)21(3)4/h5,7-8H,1,6H2,2-4H3,(H,16,17)(H2,15,18,19,20)/t8-/m0/s1. The molecule has 2 heterocycles. The van der Waals surface area contributed by atoms with Crippen molar-refractivity contribution in [1.29, 1.82) is 0 Å². The number of esters is 1. The lowest BCUT2D eigenvalue weighted by atomic mass is 10.3. The van der Waals surface area contributed by atoms with E-state index in [-0.39, 0.29) is 17.5 Å². The Morgan fingerprint density at radius 2 is 2.21 bits per heavy atom. The summed E-state index contributed by atoms with van der Waals surface area (Å²) in [6.45, 7) is 5.83. The largest absolute Gasteiger partial charge is 0.450 e. The van der Waals surface area contributed by atoms with Crippen molar-refractivity contribution in [3.05, 3.63) is 29.6 Å². The van der Waals surface area contributed by atoms with Crippen molar-refractivity contribution in [2.45, 2.75) is 13.0 Å². The van der Waals surface area contributed by atoms with Crippen LogP contribution in [0.5, 0.6) is 0 Å². The van der Waals surface area contributed by atoms with E-state index in [0.717, 1.165) is 0 Å². The molecule has 128 valence electrons. The maximum atomic E-state index is 12.2. The van der Waals surface area contributed by atoms with Crippen LogP contribution in [-0.4, -0.2) is 46.5 Å². The van der Waals surface area contributed by atoms with E-state index < -0.39 is 12.1 Å². The fourth-order valence-electron chi connectivity index (χ4n) is 1.66. The Bertz CT molecular complexity index is 732. The molecule has 0 radical (unpaired) electrons. The second-order valence-corrected chi connectivity index (χ2v) is 5.86. The van der Waals surface area contributed by atoms with Crippen LogP contribution in [0.15, 0.2) is 18.0 Å². The fraction of sp³-hybridized carbons (Fsp3) is 0.357. The Morgan fingerprint density at radius 3 is 2.88 bits per heavy atom. The molecule has 0 fully saturated rings. The zero-order valence-corrected chi connectivity index (χ0v) is 14.5. The fourth-order valence-corrected chi connectivity index (χ4v) is 2.35. The summed E-state index contributed by atoms with van der Waals surface area (Å²) >= 11 is 1.31. The first-order chi connectivity index (χ1) is 11.4. The van der Waals surface area contributed by atoms with Gasteiger partial charge < -0.3 is 20.7 Å². The number of nitrogens with two attached hydrogens (primary N) is 1. The summed E-state index contributed by atoms with van der Waals surface area (Å²) in [5.74, 6) is 0.178. The van der Waals surface area contributed by atoms with Crippen LogP contribution in [-0.2, 0) is 4.74 Å². The van der Waals surface area contributed by atoms with Gasteiger partial charge in [-0.2, -0.15) is 15.0 Å². The number of aromatic nitrogens is 4. The van der Waals surface area contributed by atoms with E-state index in [4.69, 9.17) is 10.5 Å². The summed E-state index contributed by atoms with van der Waals surface area (Å²) in [6.07, 6.45) is 1.02. The van der Waals surface area contributed by atoms with Gasteiger partial charge in [0, 0.05) is 26.0 Å². The molecule has 0 saturated carbocycles. The molecule has 0 saturated heterocycles. The van der Waals surface area contributed by atoms with E-state index in [1.807, 2.05) is 0 Å². The molecule has 0 unspecified atom stereocenters. The molecule has 2 rings (SSSR count). The van der Waals surface area contributed by atoms with E-state index in [1.54, 1.807) is 37.4 Å². The second-order valence-electron chi connectivity index (χ2n) is 5.00. The monoisotopic (exact) mass is 349 g/mol. The summed E-state index contributed by atoms with van der Waals surface area (Å²) < 4.78 is 5.36. The molecule has 9 nitrogen and oxygen atoms in total. The number of nitrogens with zero attached hydrogens (tertiary/aromatic N) is 5. The van der Waals surface area contributed by atoms with E-state index in [9.17, 15) is 4.79 Å². The van der Waals surface area contributed by atoms with Crippen molar-refractivity contribution in [3.8, 4) is 0 Å². The highest BCUT2D eigenvalue weighted by Gasteiger charge is 2.20. The number of nitrogens with one attached hydrogen (secondary N) is 1. The first-order valence-electron chi connectivity index (χ1n) is 7.10. The van der Waals surface area contributed by atoms with Gasteiger partial charge in [0.05, 0.1) is 0 Å². The van der Waals surface area contributed by atoms with Gasteiger partial charge in [0.1, 0.15) is 0 Å². The normalized spacial score (nSPS) is 11.6. The Labute approximate surface area is 143 Å². The van der Waals surface area contributed by atoms with Gasteiger partial charge in [-0.25, -0.2) is 9.78 Å². The Hall–Kier alpha value is -2.75. The summed E-state index contributed by atoms with van der Waals surface area (Å²) in [7, 11) is 3.56. The van der Waals surface area contributed by atoms with Crippen molar-refractivity contribution in [2.24, 2.45) is 0 Å². The lowest BCUT2D eigenvalue weighted by Gasteiger charge is -2.15. The number of thiazole rings is 1. The third kappa shape index (κ3) is 4.38. The van der Waals surface area contributed by atoms with E-state index >= 15 is 0 Å². The molecular weight excluding hydrogens is 330 g/mol. The lowest BCUT2D eigenvalue weighted by molar-refractivity contribution is 0.0314. The first-order valence-corrected chi connectivity index (χ1v) is 7.98. The van der Waals surface area contributed by atoms with Crippen LogP contribution in [0.2, 0.25) is 0 Å². The molecule has 1 atom stereocenters. The zero-order valence-electron chi connectivity index (χ0n) is 13.7. The van der Waals surface area contributed by atoms with Crippen LogP contribution in [0.1, 0.15) is 29.3 Å². The highest BCUT2D eigenvalue weighted by Crippen LogP contribution is 2.20. The van der Waals surface area contributed by atoms with Gasteiger partial charge in [-0.3, -0.25) is 0 Å². The smallest absolute Gasteiger partial charge is 0.358 e. The topological polar surface area (TPSA) is 119 Å². The molecule has 0 bridgehead atoms. The number of ether oxygens (including phenoxy) is 1. The average Bonchev–Trinajstić information content (AvgIpc) is 3.01. The van der Waals surface area contributed by atoms with Crippen LogP contribution in [0.3, 0.4) is 0 Å². The number of carbonyl (C=O) groups is 1. The predicted molar refractivity (Wildman–Crippen MR) is 93.2 cm³/mol. The Kier molecular flexibility index (Phi) is 5.64. The van der Waals surface area contributed by atoms with Gasteiger partial charge in [0.25, 0.3) is 0 Å². The van der Waals surface area contributed by atoms with Gasteiger partial charge in [-0.15, -0.1) is 17.9 Å². The van der Waals surface area contributed by atoms with E-state index in [1.165, 1.54) is 11.3 Å². The van der Waals surface area contributed by atoms with Gasteiger partial charge in [0.2, 0.25) is 11.9 Å². The van der Waals surface area contributed by atoms with Gasteiger partial charge >= 0.3 is 5.97 Å². The molecule has 24 heavy (non-hydrogen) atoms. The van der Waals surface area contributed by atoms with Crippen molar-refractivity contribution in [3.63, 3.8) is 0 Å². The van der Waals surface area contributed by atoms with Gasteiger partial charge in [-0.1, -0.05) is 6.08 Å². The van der Waals surface area contributed by atoms with Crippen molar-refractivity contribution in [1.82, 2.24) is 19.9 Å². The summed E-state index contributed by atoms with van der Waals surface area (Å²) in [4.78, 5) is 30.3. The molecule has 10 heteroatoms. The van der Waals surface area contributed by atoms with Gasteiger partial charge in [0.15, 0.2) is 22.8 Å². The van der Waals surface area contributed by atoms with E-state index in [2.05, 4.69) is 31.8 Å². The quantitative estimate of drug-likeness (QED) is 0.566. The number of rotatable bonds is 7. The SMILES string of the molecule is C=CCNc1nc(C(=O)O[C@@H](C)c2nc(N)nc(N(C)C)n2)cs1. The van der Waals surface area contributed by atoms with Crippen LogP contribution < -0.4 is 16.0 Å². The molecule has 0 aliphatic carbocycles. The number of carbonyl (C=O) groups excluding carboxylic acids is 1. The van der Waals surface area contributed by atoms with Crippen molar-refractivity contribution >= 4 is 34.3 Å². The molecule has 2 aromatic rings. The highest BCUT2D eigenvalue weighted by molar-refractivity contribution is 7.13. The first kappa shape index (κ1) is 17.6. The number of hydrogen-bond donors (Lipinski definition) is 2. The van der Waals surface area contributed by atoms with Crippen LogP contribution in [0.4, 0.5) is 17.0 Å². The molecule has 3 N–H and O–H groups in total. The van der Waals surface area contributed by atoms with Crippen LogP contribution in [0.25, 0.3) is 0 Å². The summed E-state index contributed by atoms with van der Waals surface area (Å²) in [5, 5.41) is 5.25. The minimum absolute atomic E-state index is 0.0659. The molecule has 0 amide bonds. The predicted octanol–water partition coefficient (Wildman–Crippen LogP) is 1.49. The summed E-state index contributed by atoms with van der Waals surface area (Å²) in [6, 6.07) is 0. The minimum atomic E-state index is -0.687. The number of hydrogen-bond acceptors (Lipinski definition) is 10. The third-order valence-electron chi connectivity index (χ3n) is 2.82. The van der Waals surface area contributed by atoms with E-state index in [0.29, 0.717) is 17.6 Å². The minimum Gasteiger partial charge on any atom is -0.450 e. The Morgan fingerprint density at radius 1 is 1.46 bits per heavy atom. The second kappa shape index (κ2) is 7.68. The van der Waals surface area contributed by atoms with Gasteiger partial charge in [-0.05, 0) is 6.92 Å². The molecule has 0 aliphatic heterocycles. The average molecular weight is 349 g/mol. The van der Waals surface area contributed by atoms with Crippen LogP contribution >= 0.6 is 11.3 Å². The molecular formula is C14H19N7O2S. The number of anilines is 3. The summed E-state index contributed by atoms with van der Waals surface area (Å²) in [5.41, 5.74) is 5.89. The third-order valence-corrected chi connectivity index (χ3v) is 3.62. The molecule has 2 aromatic heterocycles. The maximum Gasteiger partial charge on any atom is 0.358 e. The number of nitrogen functional groups attached to an aromatic ring is 1. The molecule has 0 spiro atoms. The lowest BCUT2D eigenvalue weighted by Crippen LogP contribution is -2.19.